The van der Waals surface area contributed by atoms with E-state index in [1.807, 2.05) is 35.8 Å². The van der Waals surface area contributed by atoms with E-state index in [9.17, 15) is 4.79 Å². The van der Waals surface area contributed by atoms with Crippen molar-refractivity contribution >= 4 is 50.4 Å². The van der Waals surface area contributed by atoms with Crippen molar-refractivity contribution in [1.29, 1.82) is 0 Å². The number of imidazole rings is 1. The van der Waals surface area contributed by atoms with Crippen LogP contribution in [0.2, 0.25) is 0 Å². The summed E-state index contributed by atoms with van der Waals surface area (Å²) in [7, 11) is 1.76. The smallest absolute Gasteiger partial charge is 0.280 e. The molecule has 7 nitrogen and oxygen atoms in total. The van der Waals surface area contributed by atoms with Crippen molar-refractivity contribution in [3.63, 3.8) is 0 Å². The van der Waals surface area contributed by atoms with Gasteiger partial charge in [0.05, 0.1) is 16.8 Å². The van der Waals surface area contributed by atoms with Crippen molar-refractivity contribution in [2.75, 3.05) is 18.0 Å². The minimum Gasteiger partial charge on any atom is -0.342 e. The third-order valence-corrected chi connectivity index (χ3v) is 7.58. The maximum Gasteiger partial charge on any atom is 0.280 e. The topological polar surface area (TPSA) is 68.8 Å². The summed E-state index contributed by atoms with van der Waals surface area (Å²) in [6.45, 7) is 4.12. The summed E-state index contributed by atoms with van der Waals surface area (Å²) in [5.41, 5.74) is 1.84. The van der Waals surface area contributed by atoms with Gasteiger partial charge in [0.25, 0.3) is 5.56 Å². The fraction of sp³-hybridized carbons (Fsp3) is 0.364. The Bertz CT molecular complexity index is 1350. The minimum atomic E-state index is -0.109. The van der Waals surface area contributed by atoms with E-state index in [2.05, 4.69) is 21.7 Å². The van der Waals surface area contributed by atoms with Crippen molar-refractivity contribution < 1.29 is 0 Å². The van der Waals surface area contributed by atoms with Gasteiger partial charge in [-0.1, -0.05) is 18.1 Å². The molecular formula is C22H22N6OS2. The van der Waals surface area contributed by atoms with Crippen LogP contribution in [0.25, 0.3) is 21.4 Å². The van der Waals surface area contributed by atoms with Crippen LogP contribution in [0.5, 0.6) is 0 Å². The number of anilines is 1. The molecule has 0 saturated carbocycles. The van der Waals surface area contributed by atoms with Gasteiger partial charge < -0.3 is 4.90 Å². The second kappa shape index (κ2) is 8.36. The summed E-state index contributed by atoms with van der Waals surface area (Å²) in [4.78, 5) is 29.9. The Morgan fingerprint density at radius 3 is 2.71 bits per heavy atom. The Labute approximate surface area is 188 Å². The fourth-order valence-electron chi connectivity index (χ4n) is 3.84. The van der Waals surface area contributed by atoms with E-state index in [1.54, 1.807) is 23.0 Å². The molecule has 5 rings (SSSR count). The Kier molecular flexibility index (Phi) is 5.42. The van der Waals surface area contributed by atoms with Crippen molar-refractivity contribution in [3.8, 4) is 11.8 Å². The molecule has 1 saturated heterocycles. The number of fused-ring (bicyclic) bond motifs is 2. The maximum absolute atomic E-state index is 13.4. The van der Waals surface area contributed by atoms with Gasteiger partial charge in [-0.05, 0) is 50.1 Å². The van der Waals surface area contributed by atoms with Gasteiger partial charge in [0, 0.05) is 20.1 Å². The maximum atomic E-state index is 13.4. The Morgan fingerprint density at radius 1 is 1.13 bits per heavy atom. The van der Waals surface area contributed by atoms with Crippen LogP contribution in [0.3, 0.4) is 0 Å². The summed E-state index contributed by atoms with van der Waals surface area (Å²) in [5.74, 6) is 6.82. The normalized spacial score (nSPS) is 14.2. The van der Waals surface area contributed by atoms with Crippen LogP contribution in [-0.2, 0) is 13.6 Å². The number of aromatic nitrogens is 5. The van der Waals surface area contributed by atoms with Crippen molar-refractivity contribution in [2.24, 2.45) is 7.05 Å². The summed E-state index contributed by atoms with van der Waals surface area (Å²) in [6.07, 6.45) is 3.49. The van der Waals surface area contributed by atoms with Gasteiger partial charge in [-0.2, -0.15) is 4.98 Å². The van der Waals surface area contributed by atoms with E-state index < -0.39 is 0 Å². The van der Waals surface area contributed by atoms with Gasteiger partial charge >= 0.3 is 0 Å². The first-order valence-electron chi connectivity index (χ1n) is 10.3. The summed E-state index contributed by atoms with van der Waals surface area (Å²) < 4.78 is 5.50. The molecule has 1 fully saturated rings. The number of nitrogens with zero attached hydrogens (tertiary/aromatic N) is 6. The number of thiazole rings is 1. The molecule has 1 aliphatic rings. The van der Waals surface area contributed by atoms with E-state index in [-0.39, 0.29) is 5.56 Å². The quantitative estimate of drug-likeness (QED) is 0.347. The largest absolute Gasteiger partial charge is 0.342 e. The Balaban J connectivity index is 1.61. The summed E-state index contributed by atoms with van der Waals surface area (Å²) >= 11 is 3.00. The zero-order chi connectivity index (χ0) is 21.4. The van der Waals surface area contributed by atoms with Crippen LogP contribution in [0.4, 0.5) is 5.95 Å². The predicted molar refractivity (Wildman–Crippen MR) is 126 cm³/mol. The van der Waals surface area contributed by atoms with Crippen LogP contribution < -0.4 is 10.5 Å². The van der Waals surface area contributed by atoms with E-state index in [1.165, 1.54) is 18.2 Å². The van der Waals surface area contributed by atoms with E-state index in [0.29, 0.717) is 22.9 Å². The van der Waals surface area contributed by atoms with Gasteiger partial charge in [-0.15, -0.1) is 17.3 Å². The Morgan fingerprint density at radius 2 is 1.94 bits per heavy atom. The van der Waals surface area contributed by atoms with Gasteiger partial charge in [0.15, 0.2) is 20.7 Å². The minimum absolute atomic E-state index is 0.109. The highest BCUT2D eigenvalue weighted by Crippen LogP contribution is 2.33. The lowest BCUT2D eigenvalue weighted by atomic mass is 10.1. The molecule has 0 spiro atoms. The standard InChI is InChI=1S/C22H22N6OS2/c1-3-4-14-28-17-18(24-20(28)27-12-8-5-9-13-27)25-21(26(2)19(17)29)31-22-23-15-10-6-7-11-16(15)30-22/h6-7,10-11H,5,8-9,12-14H2,1-2H3. The van der Waals surface area contributed by atoms with Crippen LogP contribution >= 0.6 is 23.1 Å². The molecule has 0 aliphatic carbocycles. The van der Waals surface area contributed by atoms with Crippen LogP contribution in [0, 0.1) is 11.8 Å². The second-order valence-corrected chi connectivity index (χ2v) is 9.70. The first-order chi connectivity index (χ1) is 15.2. The van der Waals surface area contributed by atoms with Crippen molar-refractivity contribution in [3.05, 3.63) is 34.6 Å². The molecule has 3 aromatic heterocycles. The zero-order valence-corrected chi connectivity index (χ0v) is 19.1. The molecule has 0 radical (unpaired) electrons. The average Bonchev–Trinajstić information content (AvgIpc) is 3.37. The number of rotatable bonds is 4. The predicted octanol–water partition coefficient (Wildman–Crippen LogP) is 3.90. The summed E-state index contributed by atoms with van der Waals surface area (Å²) in [6, 6.07) is 8.02. The number of benzene rings is 1. The van der Waals surface area contributed by atoms with Gasteiger partial charge in [0.2, 0.25) is 5.95 Å². The highest BCUT2D eigenvalue weighted by molar-refractivity contribution is 8.01. The fourth-order valence-corrected chi connectivity index (χ4v) is 5.85. The highest BCUT2D eigenvalue weighted by Gasteiger charge is 2.23. The Hall–Kier alpha value is -2.83. The van der Waals surface area contributed by atoms with Crippen LogP contribution in [0.1, 0.15) is 26.2 Å². The van der Waals surface area contributed by atoms with Crippen LogP contribution in [0.15, 0.2) is 38.6 Å². The number of para-hydroxylation sites is 1. The van der Waals surface area contributed by atoms with E-state index in [0.717, 1.165) is 46.4 Å². The molecule has 158 valence electrons. The van der Waals surface area contributed by atoms with Gasteiger partial charge in [0.1, 0.15) is 0 Å². The molecule has 1 aromatic carbocycles. The monoisotopic (exact) mass is 450 g/mol. The SMILES string of the molecule is CC#CCn1c(N2CCCCC2)nc2nc(Sc3nc4ccccc4s3)n(C)c(=O)c21. The lowest BCUT2D eigenvalue weighted by molar-refractivity contribution is 0.561. The molecule has 1 aliphatic heterocycles. The first-order valence-corrected chi connectivity index (χ1v) is 11.9. The second-order valence-electron chi connectivity index (χ2n) is 7.45. The third-order valence-electron chi connectivity index (χ3n) is 5.43. The molecule has 0 N–H and O–H groups in total. The number of piperidine rings is 1. The number of hydrogen-bond donors (Lipinski definition) is 0. The lowest BCUT2D eigenvalue weighted by Crippen LogP contribution is -2.32. The highest BCUT2D eigenvalue weighted by atomic mass is 32.2. The number of hydrogen-bond acceptors (Lipinski definition) is 7. The molecule has 0 unspecified atom stereocenters. The van der Waals surface area contributed by atoms with E-state index >= 15 is 0 Å². The van der Waals surface area contributed by atoms with E-state index in [4.69, 9.17) is 9.97 Å². The third kappa shape index (κ3) is 3.70. The van der Waals surface area contributed by atoms with Crippen molar-refractivity contribution in [1.82, 2.24) is 24.1 Å². The van der Waals surface area contributed by atoms with Crippen LogP contribution in [-0.4, -0.2) is 37.2 Å². The molecule has 9 heteroatoms. The first kappa shape index (κ1) is 20.1. The average molecular weight is 451 g/mol. The molecule has 0 amide bonds. The molecule has 0 bridgehead atoms. The lowest BCUT2D eigenvalue weighted by Gasteiger charge is -2.27. The van der Waals surface area contributed by atoms with Gasteiger partial charge in [-0.3, -0.25) is 13.9 Å². The summed E-state index contributed by atoms with van der Waals surface area (Å²) in [5, 5.41) is 0.591. The molecule has 31 heavy (non-hydrogen) atoms. The van der Waals surface area contributed by atoms with Crippen molar-refractivity contribution in [2.45, 2.75) is 42.2 Å². The molecule has 0 atom stereocenters. The zero-order valence-electron chi connectivity index (χ0n) is 17.5. The molecule has 4 heterocycles. The molecular weight excluding hydrogens is 428 g/mol. The molecule has 4 aromatic rings. The van der Waals surface area contributed by atoms with Gasteiger partial charge in [-0.25, -0.2) is 9.97 Å².